The minimum atomic E-state index is 0.769. The standard InChI is InChI=1S/C10H16N2O/c1-7-8(2)13-10(12-7)6-11-5-9-3-4-9/h9,11H,3-6H2,1-2H3. The highest BCUT2D eigenvalue weighted by atomic mass is 16.4. The number of nitrogens with one attached hydrogen (secondary N) is 1. The number of oxazole rings is 1. The lowest BCUT2D eigenvalue weighted by atomic mass is 10.4. The molecule has 1 aliphatic carbocycles. The van der Waals surface area contributed by atoms with E-state index in [9.17, 15) is 0 Å². The fourth-order valence-corrected chi connectivity index (χ4v) is 1.32. The average Bonchev–Trinajstić information content (AvgIpc) is 2.82. The van der Waals surface area contributed by atoms with Crippen LogP contribution in [0.3, 0.4) is 0 Å². The lowest BCUT2D eigenvalue weighted by molar-refractivity contribution is 0.446. The molecule has 0 spiro atoms. The number of hydrogen-bond acceptors (Lipinski definition) is 3. The Bertz CT molecular complexity index is 270. The van der Waals surface area contributed by atoms with Crippen molar-refractivity contribution in [2.45, 2.75) is 33.2 Å². The second-order valence-corrected chi connectivity index (χ2v) is 3.82. The minimum absolute atomic E-state index is 0.769. The molecular formula is C10H16N2O. The zero-order valence-electron chi connectivity index (χ0n) is 8.26. The summed E-state index contributed by atoms with van der Waals surface area (Å²) in [6.07, 6.45) is 2.77. The Labute approximate surface area is 78.5 Å². The minimum Gasteiger partial charge on any atom is -0.444 e. The van der Waals surface area contributed by atoms with E-state index >= 15 is 0 Å². The van der Waals surface area contributed by atoms with Gasteiger partial charge in [-0.25, -0.2) is 4.98 Å². The lowest BCUT2D eigenvalue weighted by Crippen LogP contribution is -2.16. The fourth-order valence-electron chi connectivity index (χ4n) is 1.32. The van der Waals surface area contributed by atoms with Crippen LogP contribution in [-0.2, 0) is 6.54 Å². The van der Waals surface area contributed by atoms with Gasteiger partial charge in [0.25, 0.3) is 0 Å². The van der Waals surface area contributed by atoms with Gasteiger partial charge in [0.2, 0.25) is 5.89 Å². The number of nitrogens with zero attached hydrogens (tertiary/aromatic N) is 1. The summed E-state index contributed by atoms with van der Waals surface area (Å²) in [5, 5.41) is 3.35. The molecule has 72 valence electrons. The third kappa shape index (κ3) is 2.31. The van der Waals surface area contributed by atoms with Crippen LogP contribution in [-0.4, -0.2) is 11.5 Å². The second-order valence-electron chi connectivity index (χ2n) is 3.82. The van der Waals surface area contributed by atoms with Crippen molar-refractivity contribution in [2.24, 2.45) is 5.92 Å². The molecular weight excluding hydrogens is 164 g/mol. The Morgan fingerprint density at radius 2 is 2.23 bits per heavy atom. The van der Waals surface area contributed by atoms with Crippen molar-refractivity contribution in [1.82, 2.24) is 10.3 Å². The molecule has 1 aliphatic rings. The molecule has 1 saturated carbocycles. The smallest absolute Gasteiger partial charge is 0.208 e. The predicted octanol–water partition coefficient (Wildman–Crippen LogP) is 1.79. The Kier molecular flexibility index (Phi) is 2.36. The summed E-state index contributed by atoms with van der Waals surface area (Å²) in [5.41, 5.74) is 1.00. The van der Waals surface area contributed by atoms with Crippen molar-refractivity contribution in [3.63, 3.8) is 0 Å². The van der Waals surface area contributed by atoms with E-state index in [1.165, 1.54) is 12.8 Å². The van der Waals surface area contributed by atoms with E-state index in [4.69, 9.17) is 4.42 Å². The average molecular weight is 180 g/mol. The summed E-state index contributed by atoms with van der Waals surface area (Å²) in [4.78, 5) is 4.30. The summed E-state index contributed by atoms with van der Waals surface area (Å²) >= 11 is 0. The van der Waals surface area contributed by atoms with Crippen LogP contribution in [0.25, 0.3) is 0 Å². The largest absolute Gasteiger partial charge is 0.444 e. The van der Waals surface area contributed by atoms with Gasteiger partial charge in [0.15, 0.2) is 0 Å². The molecule has 1 aromatic rings. The molecule has 2 rings (SSSR count). The SMILES string of the molecule is Cc1nc(CNCC2CC2)oc1C. The van der Waals surface area contributed by atoms with Crippen LogP contribution < -0.4 is 5.32 Å². The maximum absolute atomic E-state index is 5.44. The Morgan fingerprint density at radius 1 is 1.46 bits per heavy atom. The zero-order chi connectivity index (χ0) is 9.26. The van der Waals surface area contributed by atoms with E-state index in [1.54, 1.807) is 0 Å². The Morgan fingerprint density at radius 3 is 2.77 bits per heavy atom. The fraction of sp³-hybridized carbons (Fsp3) is 0.700. The van der Waals surface area contributed by atoms with E-state index in [1.807, 2.05) is 13.8 Å². The first-order valence-corrected chi connectivity index (χ1v) is 4.89. The molecule has 1 aromatic heterocycles. The number of rotatable bonds is 4. The summed E-state index contributed by atoms with van der Waals surface area (Å²) in [5.74, 6) is 2.66. The molecule has 0 aromatic carbocycles. The number of aryl methyl sites for hydroxylation is 2. The molecule has 0 unspecified atom stereocenters. The normalized spacial score (nSPS) is 16.5. The molecule has 0 bridgehead atoms. The van der Waals surface area contributed by atoms with Gasteiger partial charge >= 0.3 is 0 Å². The van der Waals surface area contributed by atoms with Crippen LogP contribution in [0.4, 0.5) is 0 Å². The molecule has 0 amide bonds. The van der Waals surface area contributed by atoms with Gasteiger partial charge in [-0.1, -0.05) is 0 Å². The van der Waals surface area contributed by atoms with Crippen LogP contribution in [0.2, 0.25) is 0 Å². The van der Waals surface area contributed by atoms with E-state index in [2.05, 4.69) is 10.3 Å². The summed E-state index contributed by atoms with van der Waals surface area (Å²) in [6.45, 7) is 5.81. The maximum Gasteiger partial charge on any atom is 0.208 e. The Balaban J connectivity index is 1.79. The van der Waals surface area contributed by atoms with Crippen molar-refractivity contribution < 1.29 is 4.42 Å². The van der Waals surface area contributed by atoms with Crippen LogP contribution in [0.5, 0.6) is 0 Å². The summed E-state index contributed by atoms with van der Waals surface area (Å²) < 4.78 is 5.44. The highest BCUT2D eigenvalue weighted by Gasteiger charge is 2.20. The summed E-state index contributed by atoms with van der Waals surface area (Å²) in [6, 6.07) is 0. The van der Waals surface area contributed by atoms with Crippen LogP contribution in [0, 0.1) is 19.8 Å². The van der Waals surface area contributed by atoms with E-state index in [0.29, 0.717) is 0 Å². The van der Waals surface area contributed by atoms with Gasteiger partial charge in [-0.2, -0.15) is 0 Å². The van der Waals surface area contributed by atoms with Gasteiger partial charge in [0.05, 0.1) is 12.2 Å². The topological polar surface area (TPSA) is 38.1 Å². The third-order valence-corrected chi connectivity index (χ3v) is 2.48. The highest BCUT2D eigenvalue weighted by Crippen LogP contribution is 2.27. The molecule has 3 heteroatoms. The first kappa shape index (κ1) is 8.75. The van der Waals surface area contributed by atoms with Gasteiger partial charge < -0.3 is 9.73 Å². The molecule has 0 radical (unpaired) electrons. The van der Waals surface area contributed by atoms with E-state index in [0.717, 1.165) is 36.4 Å². The van der Waals surface area contributed by atoms with Gasteiger partial charge in [-0.05, 0) is 39.2 Å². The number of aromatic nitrogens is 1. The van der Waals surface area contributed by atoms with Crippen LogP contribution >= 0.6 is 0 Å². The van der Waals surface area contributed by atoms with Crippen molar-refractivity contribution >= 4 is 0 Å². The molecule has 0 atom stereocenters. The maximum atomic E-state index is 5.44. The van der Waals surface area contributed by atoms with Crippen LogP contribution in [0.1, 0.15) is 30.2 Å². The predicted molar refractivity (Wildman–Crippen MR) is 50.4 cm³/mol. The monoisotopic (exact) mass is 180 g/mol. The van der Waals surface area contributed by atoms with Crippen LogP contribution in [0.15, 0.2) is 4.42 Å². The van der Waals surface area contributed by atoms with Crippen molar-refractivity contribution in [3.05, 3.63) is 17.3 Å². The van der Waals surface area contributed by atoms with Crippen molar-refractivity contribution in [1.29, 1.82) is 0 Å². The molecule has 1 fully saturated rings. The first-order valence-electron chi connectivity index (χ1n) is 4.89. The molecule has 1 heterocycles. The van der Waals surface area contributed by atoms with Gasteiger partial charge in [0.1, 0.15) is 5.76 Å². The summed E-state index contributed by atoms with van der Waals surface area (Å²) in [7, 11) is 0. The van der Waals surface area contributed by atoms with E-state index in [-0.39, 0.29) is 0 Å². The quantitative estimate of drug-likeness (QED) is 0.767. The lowest BCUT2D eigenvalue weighted by Gasteiger charge is -1.98. The molecule has 0 saturated heterocycles. The van der Waals surface area contributed by atoms with Gasteiger partial charge in [-0.15, -0.1) is 0 Å². The molecule has 0 aliphatic heterocycles. The number of hydrogen-bond donors (Lipinski definition) is 1. The molecule has 1 N–H and O–H groups in total. The molecule has 13 heavy (non-hydrogen) atoms. The zero-order valence-corrected chi connectivity index (χ0v) is 8.26. The van der Waals surface area contributed by atoms with Crippen molar-refractivity contribution in [3.8, 4) is 0 Å². The second kappa shape index (κ2) is 3.50. The van der Waals surface area contributed by atoms with Gasteiger partial charge in [0, 0.05) is 0 Å². The van der Waals surface area contributed by atoms with Crippen molar-refractivity contribution in [2.75, 3.05) is 6.54 Å². The van der Waals surface area contributed by atoms with E-state index < -0.39 is 0 Å². The first-order chi connectivity index (χ1) is 6.25. The molecule has 3 nitrogen and oxygen atoms in total. The Hall–Kier alpha value is -0.830. The third-order valence-electron chi connectivity index (χ3n) is 2.48. The van der Waals surface area contributed by atoms with Gasteiger partial charge in [-0.3, -0.25) is 0 Å². The highest BCUT2D eigenvalue weighted by molar-refractivity contribution is 5.05.